The average Bonchev–Trinajstić information content (AvgIpc) is 2.37. The predicted molar refractivity (Wildman–Crippen MR) is 77.7 cm³/mol. The van der Waals surface area contributed by atoms with Crippen LogP contribution in [0, 0.1) is 5.92 Å². The molecule has 0 saturated heterocycles. The maximum atomic E-state index is 12.2. The standard InChI is InChI=1S/C15H23NO2S/c1-12(2)9-10-16-19(17,18)15-8-7-13-5-3-4-6-14(13)11-15/h7-8,11-12,16H,3-6,9-10H2,1-2H3. The third kappa shape index (κ3) is 3.80. The lowest BCUT2D eigenvalue weighted by molar-refractivity contribution is 0.551. The first-order valence-electron chi connectivity index (χ1n) is 7.10. The predicted octanol–water partition coefficient (Wildman–Crippen LogP) is 2.89. The van der Waals surface area contributed by atoms with Crippen LogP contribution in [0.25, 0.3) is 0 Å². The van der Waals surface area contributed by atoms with Crippen molar-refractivity contribution in [3.63, 3.8) is 0 Å². The molecule has 19 heavy (non-hydrogen) atoms. The number of hydrogen-bond acceptors (Lipinski definition) is 2. The van der Waals surface area contributed by atoms with Gasteiger partial charge >= 0.3 is 0 Å². The number of hydrogen-bond donors (Lipinski definition) is 1. The van der Waals surface area contributed by atoms with Crippen molar-refractivity contribution in [1.29, 1.82) is 0 Å². The van der Waals surface area contributed by atoms with Gasteiger partial charge in [-0.25, -0.2) is 13.1 Å². The summed E-state index contributed by atoms with van der Waals surface area (Å²) in [6.45, 7) is 4.69. The molecule has 0 heterocycles. The Morgan fingerprint density at radius 1 is 1.16 bits per heavy atom. The van der Waals surface area contributed by atoms with E-state index in [1.165, 1.54) is 17.5 Å². The molecular formula is C15H23NO2S. The fourth-order valence-corrected chi connectivity index (χ4v) is 3.54. The molecule has 0 spiro atoms. The lowest BCUT2D eigenvalue weighted by atomic mass is 9.92. The molecule has 1 aliphatic carbocycles. The Labute approximate surface area is 116 Å². The van der Waals surface area contributed by atoms with Crippen molar-refractivity contribution in [2.75, 3.05) is 6.54 Å². The third-order valence-corrected chi connectivity index (χ3v) is 5.10. The summed E-state index contributed by atoms with van der Waals surface area (Å²) in [5.41, 5.74) is 2.52. The van der Waals surface area contributed by atoms with E-state index in [-0.39, 0.29) is 0 Å². The summed E-state index contributed by atoms with van der Waals surface area (Å²) in [6.07, 6.45) is 5.33. The smallest absolute Gasteiger partial charge is 0.211 e. The molecule has 0 radical (unpaired) electrons. The Balaban J connectivity index is 2.12. The van der Waals surface area contributed by atoms with Crippen molar-refractivity contribution in [3.8, 4) is 0 Å². The number of rotatable bonds is 5. The molecule has 0 fully saturated rings. The van der Waals surface area contributed by atoms with Crippen LogP contribution in [-0.4, -0.2) is 15.0 Å². The van der Waals surface area contributed by atoms with E-state index in [1.54, 1.807) is 6.07 Å². The topological polar surface area (TPSA) is 46.2 Å². The van der Waals surface area contributed by atoms with Gasteiger partial charge in [-0.3, -0.25) is 0 Å². The minimum Gasteiger partial charge on any atom is -0.211 e. The van der Waals surface area contributed by atoms with E-state index in [9.17, 15) is 8.42 Å². The van der Waals surface area contributed by atoms with Crippen LogP contribution in [0.5, 0.6) is 0 Å². The zero-order valence-corrected chi connectivity index (χ0v) is 12.6. The fourth-order valence-electron chi connectivity index (χ4n) is 2.44. The van der Waals surface area contributed by atoms with Crippen molar-refractivity contribution in [1.82, 2.24) is 4.72 Å². The van der Waals surface area contributed by atoms with Gasteiger partial charge in [-0.05, 0) is 61.3 Å². The average molecular weight is 281 g/mol. The highest BCUT2D eigenvalue weighted by Gasteiger charge is 2.17. The van der Waals surface area contributed by atoms with Crippen molar-refractivity contribution in [2.45, 2.75) is 50.8 Å². The molecule has 0 amide bonds. The zero-order valence-electron chi connectivity index (χ0n) is 11.8. The Morgan fingerprint density at radius 3 is 2.53 bits per heavy atom. The van der Waals surface area contributed by atoms with Gasteiger partial charge in [0.05, 0.1) is 4.90 Å². The van der Waals surface area contributed by atoms with Gasteiger partial charge in [0.25, 0.3) is 0 Å². The van der Waals surface area contributed by atoms with Crippen LogP contribution in [0.15, 0.2) is 23.1 Å². The van der Waals surface area contributed by atoms with Crippen molar-refractivity contribution < 1.29 is 8.42 Å². The van der Waals surface area contributed by atoms with Crippen molar-refractivity contribution >= 4 is 10.0 Å². The molecule has 2 rings (SSSR count). The summed E-state index contributed by atoms with van der Waals surface area (Å²) in [4.78, 5) is 0.414. The lowest BCUT2D eigenvalue weighted by Gasteiger charge is -2.17. The normalized spacial score (nSPS) is 15.5. The first kappa shape index (κ1) is 14.5. The van der Waals surface area contributed by atoms with Crippen LogP contribution in [0.2, 0.25) is 0 Å². The van der Waals surface area contributed by atoms with Crippen LogP contribution in [0.4, 0.5) is 0 Å². The Morgan fingerprint density at radius 2 is 1.84 bits per heavy atom. The maximum Gasteiger partial charge on any atom is 0.240 e. The maximum absolute atomic E-state index is 12.2. The molecule has 0 atom stereocenters. The van der Waals surface area contributed by atoms with Gasteiger partial charge < -0.3 is 0 Å². The molecule has 3 nitrogen and oxygen atoms in total. The fraction of sp³-hybridized carbons (Fsp3) is 0.600. The van der Waals surface area contributed by atoms with Gasteiger partial charge in [-0.2, -0.15) is 0 Å². The number of fused-ring (bicyclic) bond motifs is 1. The Hall–Kier alpha value is -0.870. The van der Waals surface area contributed by atoms with E-state index in [2.05, 4.69) is 18.6 Å². The first-order valence-corrected chi connectivity index (χ1v) is 8.59. The van der Waals surface area contributed by atoms with E-state index >= 15 is 0 Å². The van der Waals surface area contributed by atoms with Gasteiger partial charge in [-0.1, -0.05) is 19.9 Å². The highest BCUT2D eigenvalue weighted by atomic mass is 32.2. The molecule has 0 aromatic heterocycles. The molecule has 0 unspecified atom stereocenters. The molecule has 0 saturated carbocycles. The summed E-state index contributed by atoms with van der Waals surface area (Å²) in [6, 6.07) is 5.57. The number of aryl methyl sites for hydroxylation is 2. The molecule has 1 aliphatic rings. The highest BCUT2D eigenvalue weighted by Crippen LogP contribution is 2.24. The zero-order chi connectivity index (χ0) is 13.9. The SMILES string of the molecule is CC(C)CCNS(=O)(=O)c1ccc2c(c1)CCCC2. The van der Waals surface area contributed by atoms with E-state index in [0.717, 1.165) is 25.7 Å². The number of benzene rings is 1. The Bertz CT molecular complexity index is 535. The van der Waals surface area contributed by atoms with Gasteiger partial charge in [0.2, 0.25) is 10.0 Å². The van der Waals surface area contributed by atoms with E-state index < -0.39 is 10.0 Å². The van der Waals surface area contributed by atoms with Crippen LogP contribution in [-0.2, 0) is 22.9 Å². The van der Waals surface area contributed by atoms with Gasteiger partial charge in [0.1, 0.15) is 0 Å². The quantitative estimate of drug-likeness (QED) is 0.902. The van der Waals surface area contributed by atoms with Crippen LogP contribution < -0.4 is 4.72 Å². The second-order valence-electron chi connectivity index (χ2n) is 5.72. The van der Waals surface area contributed by atoms with Crippen LogP contribution in [0.1, 0.15) is 44.2 Å². The molecule has 106 valence electrons. The largest absolute Gasteiger partial charge is 0.240 e. The van der Waals surface area contributed by atoms with E-state index in [4.69, 9.17) is 0 Å². The van der Waals surface area contributed by atoms with Gasteiger partial charge in [0, 0.05) is 6.54 Å². The van der Waals surface area contributed by atoms with Gasteiger partial charge in [-0.15, -0.1) is 0 Å². The minimum atomic E-state index is -3.34. The molecule has 1 N–H and O–H groups in total. The second-order valence-corrected chi connectivity index (χ2v) is 7.48. The summed E-state index contributed by atoms with van der Waals surface area (Å²) >= 11 is 0. The van der Waals surface area contributed by atoms with Crippen molar-refractivity contribution in [2.24, 2.45) is 5.92 Å². The van der Waals surface area contributed by atoms with Crippen LogP contribution >= 0.6 is 0 Å². The van der Waals surface area contributed by atoms with E-state index in [0.29, 0.717) is 17.4 Å². The molecule has 0 aliphatic heterocycles. The molecule has 0 bridgehead atoms. The Kier molecular flexibility index (Phi) is 4.63. The summed E-state index contributed by atoms with van der Waals surface area (Å²) in [5.74, 6) is 0.506. The van der Waals surface area contributed by atoms with Crippen molar-refractivity contribution in [3.05, 3.63) is 29.3 Å². The first-order chi connectivity index (χ1) is 8.99. The summed E-state index contributed by atoms with van der Waals surface area (Å²) in [7, 11) is -3.34. The van der Waals surface area contributed by atoms with Gasteiger partial charge in [0.15, 0.2) is 0 Å². The third-order valence-electron chi connectivity index (χ3n) is 3.64. The number of sulfonamides is 1. The summed E-state index contributed by atoms with van der Waals surface area (Å²) < 4.78 is 27.1. The molecular weight excluding hydrogens is 258 g/mol. The van der Waals surface area contributed by atoms with E-state index in [1.807, 2.05) is 12.1 Å². The molecule has 4 heteroatoms. The summed E-state index contributed by atoms with van der Waals surface area (Å²) in [5, 5.41) is 0. The highest BCUT2D eigenvalue weighted by molar-refractivity contribution is 7.89. The lowest BCUT2D eigenvalue weighted by Crippen LogP contribution is -2.26. The molecule has 1 aromatic rings. The minimum absolute atomic E-state index is 0.414. The van der Waals surface area contributed by atoms with Crippen LogP contribution in [0.3, 0.4) is 0 Å². The second kappa shape index (κ2) is 6.06. The molecule has 1 aromatic carbocycles. The monoisotopic (exact) mass is 281 g/mol. The number of nitrogens with one attached hydrogen (secondary N) is 1.